The van der Waals surface area contributed by atoms with Gasteiger partial charge in [0.25, 0.3) is 0 Å². The predicted octanol–water partition coefficient (Wildman–Crippen LogP) is 2.78. The summed E-state index contributed by atoms with van der Waals surface area (Å²) in [4.78, 5) is 16.1. The van der Waals surface area contributed by atoms with Crippen molar-refractivity contribution in [3.63, 3.8) is 0 Å². The lowest BCUT2D eigenvalue weighted by molar-refractivity contribution is -0.128. The second kappa shape index (κ2) is 10.4. The average Bonchev–Trinajstić information content (AvgIpc) is 2.75. The summed E-state index contributed by atoms with van der Waals surface area (Å²) in [6, 6.07) is 1.81. The maximum atomic E-state index is 12.0. The molecule has 0 radical (unpaired) electrons. The molecule has 0 bridgehead atoms. The van der Waals surface area contributed by atoms with Crippen molar-refractivity contribution in [3.8, 4) is 0 Å². The molecule has 1 aromatic rings. The minimum atomic E-state index is -0.536. The number of carbonyl (C=O) groups excluding carboxylic acids is 1. The van der Waals surface area contributed by atoms with E-state index in [9.17, 15) is 4.79 Å². The van der Waals surface area contributed by atoms with Gasteiger partial charge in [-0.15, -0.1) is 24.0 Å². The molecule has 0 fully saturated rings. The summed E-state index contributed by atoms with van der Waals surface area (Å²) in [7, 11) is 3.53. The van der Waals surface area contributed by atoms with E-state index in [1.165, 1.54) is 0 Å². The van der Waals surface area contributed by atoms with Crippen molar-refractivity contribution in [1.82, 2.24) is 20.5 Å². The van der Waals surface area contributed by atoms with Gasteiger partial charge in [0, 0.05) is 32.9 Å². The lowest BCUT2D eigenvalue weighted by Crippen LogP contribution is -2.47. The van der Waals surface area contributed by atoms with Crippen LogP contribution in [-0.2, 0) is 18.4 Å². The van der Waals surface area contributed by atoms with Gasteiger partial charge < -0.3 is 20.5 Å². The lowest BCUT2D eigenvalue weighted by atomic mass is 9.92. The number of aromatic nitrogens is 1. The summed E-state index contributed by atoms with van der Waals surface area (Å²) < 4.78 is 1.81. The van der Waals surface area contributed by atoms with Crippen LogP contribution in [0.1, 0.15) is 26.5 Å². The number of guanidine groups is 1. The molecular formula is C15H26Cl2IN5O. The molecule has 138 valence electrons. The van der Waals surface area contributed by atoms with Crippen molar-refractivity contribution in [2.45, 2.75) is 27.3 Å². The molecule has 0 aliphatic heterocycles. The third-order valence-corrected chi connectivity index (χ3v) is 4.37. The smallest absolute Gasteiger partial charge is 0.227 e. The first kappa shape index (κ1) is 23.3. The average molecular weight is 490 g/mol. The van der Waals surface area contributed by atoms with E-state index < -0.39 is 5.41 Å². The Morgan fingerprint density at radius 1 is 1.29 bits per heavy atom. The Hall–Kier alpha value is -0.670. The SMILES string of the molecule is CCNC(=O)C(C)(C)CNC(=NC)NCc1cc(Cl)c(Cl)n1C.I. The van der Waals surface area contributed by atoms with Crippen LogP contribution in [0.5, 0.6) is 0 Å². The van der Waals surface area contributed by atoms with Crippen LogP contribution >= 0.6 is 47.2 Å². The van der Waals surface area contributed by atoms with E-state index in [-0.39, 0.29) is 29.9 Å². The number of hydrogen-bond donors (Lipinski definition) is 3. The molecule has 1 aromatic heterocycles. The summed E-state index contributed by atoms with van der Waals surface area (Å²) in [5.74, 6) is 0.611. The van der Waals surface area contributed by atoms with Crippen molar-refractivity contribution in [1.29, 1.82) is 0 Å². The number of rotatable bonds is 6. The van der Waals surface area contributed by atoms with Crippen LogP contribution < -0.4 is 16.0 Å². The molecule has 0 spiro atoms. The molecule has 0 saturated carbocycles. The summed E-state index contributed by atoms with van der Waals surface area (Å²) >= 11 is 12.0. The second-order valence-corrected chi connectivity index (χ2v) is 6.62. The number of amides is 1. The largest absolute Gasteiger partial charge is 0.356 e. The summed E-state index contributed by atoms with van der Waals surface area (Å²) in [5.41, 5.74) is 0.400. The highest BCUT2D eigenvalue weighted by Gasteiger charge is 2.27. The fourth-order valence-electron chi connectivity index (χ4n) is 1.94. The molecule has 3 N–H and O–H groups in total. The van der Waals surface area contributed by atoms with Gasteiger partial charge in [0.05, 0.1) is 17.0 Å². The Balaban J connectivity index is 0.00000529. The number of aliphatic imine (C=N–C) groups is 1. The minimum absolute atomic E-state index is 0. The summed E-state index contributed by atoms with van der Waals surface area (Å²) in [5, 5.41) is 10.2. The van der Waals surface area contributed by atoms with E-state index in [4.69, 9.17) is 23.2 Å². The van der Waals surface area contributed by atoms with Gasteiger partial charge in [0.2, 0.25) is 5.91 Å². The van der Waals surface area contributed by atoms with Crippen LogP contribution in [-0.4, -0.2) is 36.6 Å². The van der Waals surface area contributed by atoms with Gasteiger partial charge in [0.1, 0.15) is 5.15 Å². The van der Waals surface area contributed by atoms with Crippen molar-refractivity contribution in [3.05, 3.63) is 21.9 Å². The first-order chi connectivity index (χ1) is 10.7. The number of carbonyl (C=O) groups is 1. The van der Waals surface area contributed by atoms with Crippen LogP contribution in [0.3, 0.4) is 0 Å². The number of hydrogen-bond acceptors (Lipinski definition) is 2. The highest BCUT2D eigenvalue weighted by molar-refractivity contribution is 14.0. The maximum Gasteiger partial charge on any atom is 0.227 e. The van der Waals surface area contributed by atoms with E-state index in [1.807, 2.05) is 38.5 Å². The Morgan fingerprint density at radius 2 is 1.92 bits per heavy atom. The Bertz CT molecular complexity index is 587. The molecule has 9 heteroatoms. The summed E-state index contributed by atoms with van der Waals surface area (Å²) in [6.07, 6.45) is 0. The Kier molecular flexibility index (Phi) is 10.1. The topological polar surface area (TPSA) is 70.4 Å². The quantitative estimate of drug-likeness (QED) is 0.327. The summed E-state index contributed by atoms with van der Waals surface area (Å²) in [6.45, 7) is 7.27. The second-order valence-electron chi connectivity index (χ2n) is 5.86. The van der Waals surface area contributed by atoms with E-state index in [2.05, 4.69) is 20.9 Å². The molecule has 0 atom stereocenters. The molecule has 24 heavy (non-hydrogen) atoms. The van der Waals surface area contributed by atoms with Gasteiger partial charge in [-0.05, 0) is 26.8 Å². The molecule has 1 heterocycles. The monoisotopic (exact) mass is 489 g/mol. The Labute approximate surface area is 170 Å². The van der Waals surface area contributed by atoms with Crippen LogP contribution in [0.25, 0.3) is 0 Å². The van der Waals surface area contributed by atoms with E-state index >= 15 is 0 Å². The zero-order chi connectivity index (χ0) is 17.6. The van der Waals surface area contributed by atoms with Crippen LogP contribution in [0, 0.1) is 5.41 Å². The van der Waals surface area contributed by atoms with Crippen molar-refractivity contribution >= 4 is 59.0 Å². The third-order valence-electron chi connectivity index (χ3n) is 3.53. The van der Waals surface area contributed by atoms with Gasteiger partial charge >= 0.3 is 0 Å². The van der Waals surface area contributed by atoms with Crippen molar-refractivity contribution in [2.24, 2.45) is 17.5 Å². The van der Waals surface area contributed by atoms with Crippen molar-refractivity contribution < 1.29 is 4.79 Å². The number of nitrogens with one attached hydrogen (secondary N) is 3. The molecule has 0 aliphatic rings. The first-order valence-electron chi connectivity index (χ1n) is 7.45. The fourth-order valence-corrected chi connectivity index (χ4v) is 2.35. The van der Waals surface area contributed by atoms with E-state index in [1.54, 1.807) is 7.05 Å². The molecule has 0 aromatic carbocycles. The van der Waals surface area contributed by atoms with Gasteiger partial charge in [-0.3, -0.25) is 9.79 Å². The maximum absolute atomic E-state index is 12.0. The predicted molar refractivity (Wildman–Crippen MR) is 112 cm³/mol. The normalized spacial score (nSPS) is 11.7. The number of halogens is 3. The fraction of sp³-hybridized carbons (Fsp3) is 0.600. The molecule has 6 nitrogen and oxygen atoms in total. The van der Waals surface area contributed by atoms with Crippen LogP contribution in [0.15, 0.2) is 11.1 Å². The van der Waals surface area contributed by atoms with Gasteiger partial charge in [-0.1, -0.05) is 23.2 Å². The molecule has 0 unspecified atom stereocenters. The zero-order valence-corrected chi connectivity index (χ0v) is 18.5. The highest BCUT2D eigenvalue weighted by Crippen LogP contribution is 2.24. The highest BCUT2D eigenvalue weighted by atomic mass is 127. The van der Waals surface area contributed by atoms with Gasteiger partial charge in [-0.2, -0.15) is 0 Å². The van der Waals surface area contributed by atoms with E-state index in [0.29, 0.717) is 35.8 Å². The van der Waals surface area contributed by atoms with Crippen molar-refractivity contribution in [2.75, 3.05) is 20.1 Å². The molecule has 0 saturated heterocycles. The molecule has 0 aliphatic carbocycles. The Morgan fingerprint density at radius 3 is 2.38 bits per heavy atom. The van der Waals surface area contributed by atoms with Gasteiger partial charge in [0.15, 0.2) is 5.96 Å². The lowest BCUT2D eigenvalue weighted by Gasteiger charge is -2.24. The standard InChI is InChI=1S/C15H25Cl2N5O.HI/c1-6-19-13(23)15(2,3)9-21-14(18-4)20-8-10-7-11(16)12(17)22(10)5;/h7H,6,8-9H2,1-5H3,(H,19,23)(H2,18,20,21);1H. The molecule has 1 amide bonds. The zero-order valence-electron chi connectivity index (χ0n) is 14.7. The third kappa shape index (κ3) is 6.33. The van der Waals surface area contributed by atoms with Crippen LogP contribution in [0.2, 0.25) is 10.2 Å². The minimum Gasteiger partial charge on any atom is -0.356 e. The van der Waals surface area contributed by atoms with Crippen LogP contribution in [0.4, 0.5) is 0 Å². The van der Waals surface area contributed by atoms with Gasteiger partial charge in [-0.25, -0.2) is 0 Å². The molecular weight excluding hydrogens is 464 g/mol. The van der Waals surface area contributed by atoms with E-state index in [0.717, 1.165) is 5.69 Å². The molecule has 1 rings (SSSR count). The first-order valence-corrected chi connectivity index (χ1v) is 8.21. The number of nitrogens with zero attached hydrogens (tertiary/aromatic N) is 2.